The van der Waals surface area contributed by atoms with Crippen LogP contribution in [0.4, 0.5) is 0 Å². The van der Waals surface area contributed by atoms with Gasteiger partial charge in [0.2, 0.25) is 11.8 Å². The Balaban J connectivity index is 0.000000186. The van der Waals surface area contributed by atoms with Crippen molar-refractivity contribution in [2.75, 3.05) is 13.1 Å². The van der Waals surface area contributed by atoms with Crippen LogP contribution < -0.4 is 5.43 Å². The Labute approximate surface area is 330 Å². The van der Waals surface area contributed by atoms with Gasteiger partial charge < -0.3 is 14.0 Å². The summed E-state index contributed by atoms with van der Waals surface area (Å²) in [5.74, 6) is 0.447. The molecule has 6 heterocycles. The zero-order chi connectivity index (χ0) is 41.4. The van der Waals surface area contributed by atoms with Gasteiger partial charge in [-0.2, -0.15) is 0 Å². The lowest BCUT2D eigenvalue weighted by Gasteiger charge is -2.32. The zero-order valence-corrected chi connectivity index (χ0v) is 36.7. The first-order chi connectivity index (χ1) is 25.3. The van der Waals surface area contributed by atoms with E-state index in [2.05, 4.69) is 136 Å². The highest BCUT2D eigenvalue weighted by Gasteiger charge is 2.30. The van der Waals surface area contributed by atoms with E-state index in [9.17, 15) is 9.59 Å². The van der Waals surface area contributed by atoms with Gasteiger partial charge in [-0.05, 0) is 100 Å². The number of hydrogen-bond acceptors (Lipinski definition) is 8. The molecule has 1 saturated carbocycles. The van der Waals surface area contributed by atoms with Crippen LogP contribution in [0.3, 0.4) is 0 Å². The van der Waals surface area contributed by atoms with E-state index < -0.39 is 0 Å². The molecule has 12 nitrogen and oxygen atoms in total. The molecule has 4 aromatic heterocycles. The van der Waals surface area contributed by atoms with Crippen LogP contribution >= 0.6 is 0 Å². The van der Waals surface area contributed by atoms with E-state index in [-0.39, 0.29) is 33.4 Å². The van der Waals surface area contributed by atoms with Crippen LogP contribution in [0.1, 0.15) is 154 Å². The molecule has 0 bridgehead atoms. The maximum atomic E-state index is 11.1. The van der Waals surface area contributed by atoms with Gasteiger partial charge in [-0.3, -0.25) is 24.4 Å². The molecule has 1 aliphatic carbocycles. The third-order valence-electron chi connectivity index (χ3n) is 9.21. The molecule has 0 spiro atoms. The molecule has 0 unspecified atom stereocenters. The van der Waals surface area contributed by atoms with Gasteiger partial charge >= 0.3 is 0 Å². The Morgan fingerprint density at radius 2 is 1.38 bits per heavy atom. The predicted octanol–water partition coefficient (Wildman–Crippen LogP) is 8.34. The lowest BCUT2D eigenvalue weighted by atomic mass is 9.91. The number of imidazole rings is 1. The fraction of sp³-hybridized carbons (Fsp3) is 0.674. The molecule has 55 heavy (non-hydrogen) atoms. The highest BCUT2D eigenvalue weighted by Crippen LogP contribution is 2.27. The molecule has 1 N–H and O–H groups in total. The van der Waals surface area contributed by atoms with Gasteiger partial charge in [0.25, 0.3) is 0 Å². The van der Waals surface area contributed by atoms with Gasteiger partial charge in [0.1, 0.15) is 6.33 Å². The number of aromatic nitrogens is 6. The summed E-state index contributed by atoms with van der Waals surface area (Å²) in [4.78, 5) is 32.5. The molecule has 3 aliphatic rings. The minimum atomic E-state index is 0.0353. The summed E-state index contributed by atoms with van der Waals surface area (Å²) in [7, 11) is 0. The molecule has 0 atom stereocenters. The molecule has 0 aromatic carbocycles. The fourth-order valence-corrected chi connectivity index (χ4v) is 6.17. The minimum Gasteiger partial charge on any atom is -0.373 e. The van der Waals surface area contributed by atoms with Gasteiger partial charge in [0.15, 0.2) is 11.3 Å². The largest absolute Gasteiger partial charge is 0.373 e. The quantitative estimate of drug-likeness (QED) is 0.206. The number of likely N-dealkylation sites (tertiary alicyclic amines) is 1. The molecule has 12 heteroatoms. The Bertz CT molecular complexity index is 1720. The number of nitrogens with one attached hydrogen (secondary N) is 1. The zero-order valence-electron chi connectivity index (χ0n) is 36.7. The van der Waals surface area contributed by atoms with Crippen molar-refractivity contribution >= 4 is 23.1 Å². The van der Waals surface area contributed by atoms with Crippen LogP contribution in [0.15, 0.2) is 49.3 Å². The number of rotatable bonds is 1. The molecule has 2 amide bonds. The maximum absolute atomic E-state index is 11.1. The van der Waals surface area contributed by atoms with E-state index in [1.54, 1.807) is 12.5 Å². The second-order valence-corrected chi connectivity index (χ2v) is 19.6. The molecule has 3 fully saturated rings. The van der Waals surface area contributed by atoms with Crippen molar-refractivity contribution in [2.45, 2.75) is 176 Å². The van der Waals surface area contributed by atoms with Gasteiger partial charge in [-0.1, -0.05) is 47.6 Å². The number of carbonyl (C=O) groups excluding carboxylic acids is 2. The van der Waals surface area contributed by atoms with Crippen molar-refractivity contribution < 1.29 is 14.3 Å². The van der Waals surface area contributed by atoms with E-state index in [0.717, 1.165) is 42.9 Å². The number of hydrogen-bond donors (Lipinski definition) is 1. The van der Waals surface area contributed by atoms with Crippen LogP contribution in [0.2, 0.25) is 0 Å². The lowest BCUT2D eigenvalue weighted by molar-refractivity contribution is -0.131. The van der Waals surface area contributed by atoms with Gasteiger partial charge in [-0.25, -0.2) is 9.99 Å². The number of amides is 2. The second-order valence-electron chi connectivity index (χ2n) is 19.6. The smallest absolute Gasteiger partial charge is 0.235 e. The summed E-state index contributed by atoms with van der Waals surface area (Å²) in [5, 5.41) is 9.86. The SMILES string of the molecule is CC(C)(C)N1CCC(=O)N1.CC(C)(C)N1CCCC1=O.CC(C)(C)OC1CCC1.CC(C)(C)c1cccc2nncn12.CC(C)(C)c1nccn2ccnc12. The molecule has 0 radical (unpaired) electrons. The standard InChI is InChI=1S/2C10H13N3.C8H15NO.C8H16O.C7H14N2O/c1-10(2,3)8-9-12-5-7-13(9)6-4-11-8;1-10(2,3)8-5-4-6-9-12-11-7-13(8)9;1-8(2,3)9-6-4-5-7(9)10;1-8(2,3)9-7-5-4-6-7;1-7(2,3)9-5-4-6(10)8-9/h2*4-7H,1-3H3;4-6H2,1-3H3;7H,4-6H2,1-3H3;4-5H2,1-3H3,(H,8,10). The average Bonchev–Trinajstić information content (AvgIpc) is 3.85. The molecular formula is C43H71N9O3. The van der Waals surface area contributed by atoms with Crippen LogP contribution in [0, 0.1) is 0 Å². The van der Waals surface area contributed by atoms with Crippen LogP contribution in [0.5, 0.6) is 0 Å². The predicted molar refractivity (Wildman–Crippen MR) is 222 cm³/mol. The van der Waals surface area contributed by atoms with Crippen molar-refractivity contribution in [2.24, 2.45) is 0 Å². The summed E-state index contributed by atoms with van der Waals surface area (Å²) in [6.45, 7) is 33.6. The Hall–Kier alpha value is -3.90. The van der Waals surface area contributed by atoms with Crippen molar-refractivity contribution in [3.05, 3.63) is 60.7 Å². The summed E-state index contributed by atoms with van der Waals surface area (Å²) >= 11 is 0. The number of pyridine rings is 1. The summed E-state index contributed by atoms with van der Waals surface area (Å²) in [6, 6.07) is 6.09. The van der Waals surface area contributed by atoms with Crippen LogP contribution in [-0.2, 0) is 25.2 Å². The maximum Gasteiger partial charge on any atom is 0.235 e. The number of fused-ring (bicyclic) bond motifs is 2. The Kier molecular flexibility index (Phi) is 15.2. The topological polar surface area (TPSA) is 122 Å². The number of carbonyl (C=O) groups is 2. The van der Waals surface area contributed by atoms with Crippen molar-refractivity contribution in [1.29, 1.82) is 0 Å². The summed E-state index contributed by atoms with van der Waals surface area (Å²) in [6.07, 6.45) is 16.1. The van der Waals surface area contributed by atoms with E-state index in [1.807, 2.05) is 49.4 Å². The van der Waals surface area contributed by atoms with E-state index >= 15 is 0 Å². The molecule has 2 saturated heterocycles. The summed E-state index contributed by atoms with van der Waals surface area (Å²) in [5.41, 5.74) is 7.27. The Morgan fingerprint density at radius 3 is 1.78 bits per heavy atom. The first-order valence-corrected chi connectivity index (χ1v) is 19.9. The molecule has 2 aliphatic heterocycles. The minimum absolute atomic E-state index is 0.0353. The van der Waals surface area contributed by atoms with E-state index in [4.69, 9.17) is 4.74 Å². The van der Waals surface area contributed by atoms with Crippen LogP contribution in [0.25, 0.3) is 11.3 Å². The number of hydrazine groups is 1. The molecule has 4 aromatic rings. The van der Waals surface area contributed by atoms with Crippen molar-refractivity contribution in [3.8, 4) is 0 Å². The molecule has 7 rings (SSSR count). The number of nitrogens with zero attached hydrogens (tertiary/aromatic N) is 8. The Morgan fingerprint density at radius 1 is 0.745 bits per heavy atom. The third-order valence-corrected chi connectivity index (χ3v) is 9.21. The van der Waals surface area contributed by atoms with E-state index in [0.29, 0.717) is 18.4 Å². The van der Waals surface area contributed by atoms with Gasteiger partial charge in [0, 0.05) is 78.3 Å². The number of ether oxygens (including phenoxy) is 1. The second kappa shape index (κ2) is 18.4. The van der Waals surface area contributed by atoms with Gasteiger partial charge in [-0.15, -0.1) is 10.2 Å². The van der Waals surface area contributed by atoms with Crippen LogP contribution in [-0.4, -0.2) is 86.6 Å². The summed E-state index contributed by atoms with van der Waals surface area (Å²) < 4.78 is 9.70. The van der Waals surface area contributed by atoms with Crippen molar-refractivity contribution in [1.82, 2.24) is 44.3 Å². The first-order valence-electron chi connectivity index (χ1n) is 19.9. The fourth-order valence-electron chi connectivity index (χ4n) is 6.17. The third kappa shape index (κ3) is 14.3. The monoisotopic (exact) mass is 762 g/mol. The first kappa shape index (κ1) is 45.5. The normalized spacial score (nSPS) is 16.9. The van der Waals surface area contributed by atoms with Gasteiger partial charge in [0.05, 0.1) is 17.4 Å². The highest BCUT2D eigenvalue weighted by molar-refractivity contribution is 5.78. The van der Waals surface area contributed by atoms with Crippen molar-refractivity contribution in [3.63, 3.8) is 0 Å². The molecule has 306 valence electrons. The lowest BCUT2D eigenvalue weighted by Crippen LogP contribution is -2.46. The molecular weight excluding hydrogens is 691 g/mol. The van der Waals surface area contributed by atoms with E-state index in [1.165, 1.54) is 25.0 Å². The average molecular weight is 762 g/mol. The highest BCUT2D eigenvalue weighted by atomic mass is 16.5.